The quantitative estimate of drug-likeness (QED) is 0.812. The maximum Gasteiger partial charge on any atom is 0.329 e. The maximum atomic E-state index is 12.1. The number of thioether (sulfide) groups is 1. The number of nitrogens with one attached hydrogen (secondary N) is 1. The molecule has 1 aliphatic rings. The van der Waals surface area contributed by atoms with Crippen molar-refractivity contribution in [1.82, 2.24) is 10.2 Å². The van der Waals surface area contributed by atoms with Crippen LogP contribution in [0.5, 0.6) is 0 Å². The van der Waals surface area contributed by atoms with Crippen LogP contribution in [0.4, 0.5) is 4.79 Å². The number of carboxylic acids is 1. The average molecular weight is 288 g/mol. The lowest BCUT2D eigenvalue weighted by Crippen LogP contribution is -2.59. The van der Waals surface area contributed by atoms with E-state index in [-0.39, 0.29) is 6.03 Å². The Bertz CT molecular complexity index is 338. The minimum absolute atomic E-state index is 0.287. The smallest absolute Gasteiger partial charge is 0.329 e. The number of carboxylic acid groups (broad SMARTS) is 1. The van der Waals surface area contributed by atoms with E-state index in [9.17, 15) is 14.7 Å². The van der Waals surface area contributed by atoms with Crippen LogP contribution < -0.4 is 5.32 Å². The zero-order chi connectivity index (χ0) is 14.5. The number of nitrogens with zero attached hydrogens (tertiary/aromatic N) is 1. The first-order valence-electron chi connectivity index (χ1n) is 6.67. The van der Waals surface area contributed by atoms with Crippen LogP contribution in [0.2, 0.25) is 0 Å². The van der Waals surface area contributed by atoms with Gasteiger partial charge in [-0.3, -0.25) is 0 Å². The second-order valence-corrected chi connectivity index (χ2v) is 6.42. The van der Waals surface area contributed by atoms with E-state index in [0.29, 0.717) is 25.3 Å². The first kappa shape index (κ1) is 16.1. The number of amides is 2. The molecule has 2 unspecified atom stereocenters. The third-order valence-electron chi connectivity index (χ3n) is 3.73. The molecule has 0 heterocycles. The van der Waals surface area contributed by atoms with E-state index in [2.05, 4.69) is 5.32 Å². The summed E-state index contributed by atoms with van der Waals surface area (Å²) in [5, 5.41) is 12.2. The molecule has 110 valence electrons. The summed E-state index contributed by atoms with van der Waals surface area (Å²) in [6, 6.07) is -0.287. The van der Waals surface area contributed by atoms with Crippen LogP contribution in [0, 0.1) is 5.92 Å². The second kappa shape index (κ2) is 7.03. The summed E-state index contributed by atoms with van der Waals surface area (Å²) in [4.78, 5) is 25.2. The number of aliphatic carboxylic acids is 1. The minimum Gasteiger partial charge on any atom is -0.480 e. The molecule has 1 rings (SSSR count). The maximum absolute atomic E-state index is 12.1. The molecule has 5 nitrogen and oxygen atoms in total. The van der Waals surface area contributed by atoms with Gasteiger partial charge in [0.2, 0.25) is 0 Å². The monoisotopic (exact) mass is 288 g/mol. The van der Waals surface area contributed by atoms with Crippen molar-refractivity contribution >= 4 is 23.8 Å². The van der Waals surface area contributed by atoms with Gasteiger partial charge in [0.05, 0.1) is 0 Å². The highest BCUT2D eigenvalue weighted by atomic mass is 32.2. The number of hydrogen-bond donors (Lipinski definition) is 2. The predicted molar refractivity (Wildman–Crippen MR) is 77.5 cm³/mol. The SMILES string of the molecule is CSCCN(C)C(=O)NC1(C(=O)O)CCCC(C)C1. The van der Waals surface area contributed by atoms with E-state index in [1.165, 1.54) is 0 Å². The molecular weight excluding hydrogens is 264 g/mol. The summed E-state index contributed by atoms with van der Waals surface area (Å²) in [6.45, 7) is 2.67. The van der Waals surface area contributed by atoms with Crippen molar-refractivity contribution in [2.45, 2.75) is 38.1 Å². The molecule has 2 N–H and O–H groups in total. The number of urea groups is 1. The lowest BCUT2D eigenvalue weighted by molar-refractivity contribution is -0.146. The molecular formula is C13H24N2O3S. The topological polar surface area (TPSA) is 69.6 Å². The van der Waals surface area contributed by atoms with E-state index in [1.54, 1.807) is 23.7 Å². The Kier molecular flexibility index (Phi) is 5.97. The predicted octanol–water partition coefficient (Wildman–Crippen LogP) is 2.02. The van der Waals surface area contributed by atoms with Gasteiger partial charge in [0.25, 0.3) is 0 Å². The summed E-state index contributed by atoms with van der Waals surface area (Å²) in [5.41, 5.74) is -1.08. The first-order chi connectivity index (χ1) is 8.91. The molecule has 0 aromatic rings. The number of carbonyl (C=O) groups is 2. The van der Waals surface area contributed by atoms with E-state index in [1.807, 2.05) is 13.2 Å². The standard InChI is InChI=1S/C13H24N2O3S/c1-10-5-4-6-13(9-10,11(16)17)14-12(18)15(2)7-8-19-3/h10H,4-9H2,1-3H3,(H,14,18)(H,16,17). The minimum atomic E-state index is -1.08. The van der Waals surface area contributed by atoms with Gasteiger partial charge in [0.1, 0.15) is 5.54 Å². The Morgan fingerprint density at radius 3 is 2.74 bits per heavy atom. The van der Waals surface area contributed by atoms with Crippen LogP contribution in [-0.4, -0.2) is 53.1 Å². The van der Waals surface area contributed by atoms with Crippen molar-refractivity contribution < 1.29 is 14.7 Å². The summed E-state index contributed by atoms with van der Waals surface area (Å²) in [7, 11) is 1.70. The van der Waals surface area contributed by atoms with Gasteiger partial charge < -0.3 is 15.3 Å². The molecule has 0 aromatic heterocycles. The van der Waals surface area contributed by atoms with Crippen LogP contribution in [0.15, 0.2) is 0 Å². The van der Waals surface area contributed by atoms with Gasteiger partial charge in [0.15, 0.2) is 0 Å². The third kappa shape index (κ3) is 4.30. The van der Waals surface area contributed by atoms with Crippen molar-refractivity contribution in [1.29, 1.82) is 0 Å². The molecule has 1 fully saturated rings. The average Bonchev–Trinajstić information content (AvgIpc) is 2.35. The van der Waals surface area contributed by atoms with Gasteiger partial charge in [-0.15, -0.1) is 0 Å². The van der Waals surface area contributed by atoms with Gasteiger partial charge in [0, 0.05) is 19.3 Å². The fourth-order valence-electron chi connectivity index (χ4n) is 2.54. The van der Waals surface area contributed by atoms with E-state index >= 15 is 0 Å². The van der Waals surface area contributed by atoms with Crippen molar-refractivity contribution in [3.05, 3.63) is 0 Å². The van der Waals surface area contributed by atoms with Crippen molar-refractivity contribution in [2.75, 3.05) is 25.6 Å². The van der Waals surface area contributed by atoms with Gasteiger partial charge in [-0.1, -0.05) is 19.8 Å². The van der Waals surface area contributed by atoms with Crippen LogP contribution in [0.3, 0.4) is 0 Å². The molecule has 0 aliphatic heterocycles. The Hall–Kier alpha value is -0.910. The molecule has 0 aromatic carbocycles. The van der Waals surface area contributed by atoms with Crippen LogP contribution in [0.1, 0.15) is 32.6 Å². The highest BCUT2D eigenvalue weighted by Crippen LogP contribution is 2.32. The Morgan fingerprint density at radius 1 is 1.53 bits per heavy atom. The summed E-state index contributed by atoms with van der Waals surface area (Å²) >= 11 is 1.66. The number of carbonyl (C=O) groups excluding carboxylic acids is 1. The summed E-state index contributed by atoms with van der Waals surface area (Å²) in [5.74, 6) is 0.271. The molecule has 2 atom stereocenters. The van der Waals surface area contributed by atoms with E-state index < -0.39 is 11.5 Å². The molecule has 6 heteroatoms. The van der Waals surface area contributed by atoms with E-state index in [0.717, 1.165) is 18.6 Å². The molecule has 2 amide bonds. The highest BCUT2D eigenvalue weighted by Gasteiger charge is 2.43. The van der Waals surface area contributed by atoms with Gasteiger partial charge in [-0.25, -0.2) is 9.59 Å². The van der Waals surface area contributed by atoms with Crippen molar-refractivity contribution in [3.8, 4) is 0 Å². The number of rotatable bonds is 5. The molecule has 19 heavy (non-hydrogen) atoms. The lowest BCUT2D eigenvalue weighted by atomic mass is 9.76. The molecule has 0 spiro atoms. The van der Waals surface area contributed by atoms with Crippen molar-refractivity contribution in [3.63, 3.8) is 0 Å². The largest absolute Gasteiger partial charge is 0.480 e. The van der Waals surface area contributed by atoms with Crippen LogP contribution in [-0.2, 0) is 4.79 Å². The summed E-state index contributed by atoms with van der Waals surface area (Å²) < 4.78 is 0. The molecule has 1 aliphatic carbocycles. The fourth-order valence-corrected chi connectivity index (χ4v) is 3.00. The van der Waals surface area contributed by atoms with Gasteiger partial charge >= 0.3 is 12.0 Å². The van der Waals surface area contributed by atoms with Crippen LogP contribution >= 0.6 is 11.8 Å². The number of hydrogen-bond acceptors (Lipinski definition) is 3. The normalized spacial score (nSPS) is 26.8. The molecule has 0 radical (unpaired) electrons. The second-order valence-electron chi connectivity index (χ2n) is 5.43. The Morgan fingerprint density at radius 2 is 2.21 bits per heavy atom. The zero-order valence-corrected chi connectivity index (χ0v) is 12.8. The lowest BCUT2D eigenvalue weighted by Gasteiger charge is -2.38. The van der Waals surface area contributed by atoms with E-state index in [4.69, 9.17) is 0 Å². The third-order valence-corrected chi connectivity index (χ3v) is 4.32. The van der Waals surface area contributed by atoms with Gasteiger partial charge in [-0.05, 0) is 25.0 Å². The zero-order valence-electron chi connectivity index (χ0n) is 11.9. The summed E-state index contributed by atoms with van der Waals surface area (Å²) in [6.07, 6.45) is 4.90. The molecule has 1 saturated carbocycles. The van der Waals surface area contributed by atoms with Gasteiger partial charge in [-0.2, -0.15) is 11.8 Å². The molecule has 0 saturated heterocycles. The molecule has 0 bridgehead atoms. The highest BCUT2D eigenvalue weighted by molar-refractivity contribution is 7.98. The van der Waals surface area contributed by atoms with Crippen molar-refractivity contribution in [2.24, 2.45) is 5.92 Å². The van der Waals surface area contributed by atoms with Crippen LogP contribution in [0.25, 0.3) is 0 Å². The Balaban J connectivity index is 2.68. The fraction of sp³-hybridized carbons (Fsp3) is 0.846. The Labute approximate surface area is 119 Å². The first-order valence-corrected chi connectivity index (χ1v) is 8.06.